The quantitative estimate of drug-likeness (QED) is 0.750. The van der Waals surface area contributed by atoms with Crippen molar-refractivity contribution < 1.29 is 4.79 Å². The Morgan fingerprint density at radius 1 is 1.10 bits per heavy atom. The fraction of sp³-hybridized carbons (Fsp3) is 0.944. The summed E-state index contributed by atoms with van der Waals surface area (Å²) in [6, 6.07) is 1.78. The second kappa shape index (κ2) is 6.28. The van der Waals surface area contributed by atoms with Crippen LogP contribution in [0.4, 0.5) is 0 Å². The molecule has 0 radical (unpaired) electrons. The molecule has 0 aromatic rings. The monoisotopic (exact) mass is 292 g/mol. The largest absolute Gasteiger partial charge is 0.341 e. The molecule has 3 aliphatic carbocycles. The highest BCUT2D eigenvalue weighted by Crippen LogP contribution is 2.39. The lowest BCUT2D eigenvalue weighted by Gasteiger charge is -2.38. The molecule has 3 fully saturated rings. The first kappa shape index (κ1) is 15.3. The number of nitrogens with zero attached hydrogens (tertiary/aromatic N) is 2. The van der Waals surface area contributed by atoms with E-state index in [1.807, 2.05) is 7.05 Å². The van der Waals surface area contributed by atoms with Crippen LogP contribution in [0.2, 0.25) is 0 Å². The van der Waals surface area contributed by atoms with E-state index in [1.54, 1.807) is 0 Å². The molecule has 21 heavy (non-hydrogen) atoms. The average molecular weight is 292 g/mol. The van der Waals surface area contributed by atoms with Crippen LogP contribution in [-0.2, 0) is 4.79 Å². The van der Waals surface area contributed by atoms with E-state index in [2.05, 4.69) is 23.6 Å². The average Bonchev–Trinajstić information content (AvgIpc) is 3.36. The van der Waals surface area contributed by atoms with Crippen LogP contribution >= 0.6 is 0 Å². The van der Waals surface area contributed by atoms with E-state index in [-0.39, 0.29) is 0 Å². The van der Waals surface area contributed by atoms with Gasteiger partial charge >= 0.3 is 0 Å². The van der Waals surface area contributed by atoms with Crippen molar-refractivity contribution in [2.45, 2.75) is 83.3 Å². The molecule has 0 aromatic heterocycles. The minimum Gasteiger partial charge on any atom is -0.341 e. The Labute approximate surface area is 130 Å². The Morgan fingerprint density at radius 2 is 1.76 bits per heavy atom. The van der Waals surface area contributed by atoms with Gasteiger partial charge in [-0.1, -0.05) is 19.8 Å². The third-order valence-corrected chi connectivity index (χ3v) is 6.12. The number of carbonyl (C=O) groups is 1. The normalized spacial score (nSPS) is 31.2. The summed E-state index contributed by atoms with van der Waals surface area (Å²) in [5.74, 6) is 1.88. The Kier molecular flexibility index (Phi) is 4.58. The van der Waals surface area contributed by atoms with E-state index in [4.69, 9.17) is 0 Å². The van der Waals surface area contributed by atoms with E-state index in [0.717, 1.165) is 5.92 Å². The van der Waals surface area contributed by atoms with Crippen LogP contribution in [0.15, 0.2) is 0 Å². The number of rotatable bonds is 6. The molecular weight excluding hydrogens is 260 g/mol. The molecule has 120 valence electrons. The fourth-order valence-electron chi connectivity index (χ4n) is 4.19. The molecule has 3 saturated carbocycles. The molecule has 0 bridgehead atoms. The van der Waals surface area contributed by atoms with Gasteiger partial charge in [-0.3, -0.25) is 9.69 Å². The maximum atomic E-state index is 12.8. The zero-order valence-electron chi connectivity index (χ0n) is 14.1. The van der Waals surface area contributed by atoms with Gasteiger partial charge in [-0.05, 0) is 57.3 Å². The van der Waals surface area contributed by atoms with Crippen LogP contribution in [-0.4, -0.2) is 47.4 Å². The van der Waals surface area contributed by atoms with E-state index in [9.17, 15) is 4.79 Å². The van der Waals surface area contributed by atoms with Gasteiger partial charge in [0.15, 0.2) is 0 Å². The van der Waals surface area contributed by atoms with Crippen molar-refractivity contribution in [3.05, 3.63) is 0 Å². The van der Waals surface area contributed by atoms with Crippen LogP contribution in [0.5, 0.6) is 0 Å². The number of hydrogen-bond donors (Lipinski definition) is 0. The lowest BCUT2D eigenvalue weighted by Crippen LogP contribution is -2.49. The third kappa shape index (κ3) is 3.61. The summed E-state index contributed by atoms with van der Waals surface area (Å²) >= 11 is 0. The van der Waals surface area contributed by atoms with Crippen molar-refractivity contribution in [3.63, 3.8) is 0 Å². The Balaban J connectivity index is 1.58. The van der Waals surface area contributed by atoms with Crippen molar-refractivity contribution in [1.82, 2.24) is 9.80 Å². The lowest BCUT2D eigenvalue weighted by atomic mass is 9.85. The van der Waals surface area contributed by atoms with E-state index >= 15 is 0 Å². The predicted molar refractivity (Wildman–Crippen MR) is 86.1 cm³/mol. The van der Waals surface area contributed by atoms with E-state index in [1.165, 1.54) is 51.4 Å². The maximum Gasteiger partial charge on any atom is 0.236 e. The summed E-state index contributed by atoms with van der Waals surface area (Å²) < 4.78 is 0. The van der Waals surface area contributed by atoms with Crippen LogP contribution in [0.1, 0.15) is 65.2 Å². The highest BCUT2D eigenvalue weighted by molar-refractivity contribution is 5.78. The number of likely N-dealkylation sites (N-methyl/N-ethyl adjacent to an activating group) is 1. The molecular formula is C18H32N2O. The molecule has 0 saturated heterocycles. The molecule has 0 aromatic carbocycles. The van der Waals surface area contributed by atoms with Crippen LogP contribution in [0.25, 0.3) is 0 Å². The SMILES string of the molecule is CC1CCCCC1N(C)C(=O)CN(C1CC1)C(C)C1CC1. The highest BCUT2D eigenvalue weighted by atomic mass is 16.2. The molecule has 3 aliphatic rings. The van der Waals surface area contributed by atoms with Crippen molar-refractivity contribution in [1.29, 1.82) is 0 Å². The molecule has 0 spiro atoms. The standard InChI is InChI=1S/C18H32N2O/c1-13-6-4-5-7-17(13)19(3)18(21)12-20(16-10-11-16)14(2)15-8-9-15/h13-17H,4-12H2,1-3H3. The second-order valence-corrected chi connectivity index (χ2v) is 7.82. The van der Waals surface area contributed by atoms with Gasteiger partial charge in [-0.2, -0.15) is 0 Å². The molecule has 0 N–H and O–H groups in total. The molecule has 3 heteroatoms. The van der Waals surface area contributed by atoms with Crippen LogP contribution in [0.3, 0.4) is 0 Å². The Bertz CT molecular complexity index is 375. The molecule has 1 amide bonds. The van der Waals surface area contributed by atoms with Crippen molar-refractivity contribution in [2.75, 3.05) is 13.6 Å². The van der Waals surface area contributed by atoms with Gasteiger partial charge in [0.05, 0.1) is 6.54 Å². The van der Waals surface area contributed by atoms with Gasteiger partial charge in [0.25, 0.3) is 0 Å². The van der Waals surface area contributed by atoms with E-state index < -0.39 is 0 Å². The van der Waals surface area contributed by atoms with Gasteiger partial charge in [-0.15, -0.1) is 0 Å². The summed E-state index contributed by atoms with van der Waals surface area (Å²) in [5.41, 5.74) is 0. The topological polar surface area (TPSA) is 23.6 Å². The van der Waals surface area contributed by atoms with Gasteiger partial charge < -0.3 is 4.90 Å². The lowest BCUT2D eigenvalue weighted by molar-refractivity contribution is -0.135. The summed E-state index contributed by atoms with van der Waals surface area (Å²) in [6.45, 7) is 5.31. The molecule has 0 heterocycles. The minimum atomic E-state index is 0.355. The number of amides is 1. The zero-order valence-corrected chi connectivity index (χ0v) is 14.1. The van der Waals surface area contributed by atoms with Crippen LogP contribution in [0, 0.1) is 11.8 Å². The Hall–Kier alpha value is -0.570. The van der Waals surface area contributed by atoms with Gasteiger partial charge in [0.1, 0.15) is 0 Å². The first-order valence-corrected chi connectivity index (χ1v) is 9.09. The smallest absolute Gasteiger partial charge is 0.236 e. The number of carbonyl (C=O) groups excluding carboxylic acids is 1. The van der Waals surface area contributed by atoms with Crippen molar-refractivity contribution >= 4 is 5.91 Å². The minimum absolute atomic E-state index is 0.355. The van der Waals surface area contributed by atoms with Gasteiger partial charge in [-0.25, -0.2) is 0 Å². The molecule has 0 aliphatic heterocycles. The molecule has 3 atom stereocenters. The zero-order chi connectivity index (χ0) is 15.0. The maximum absolute atomic E-state index is 12.8. The first-order chi connectivity index (χ1) is 10.1. The van der Waals surface area contributed by atoms with Gasteiger partial charge in [0.2, 0.25) is 5.91 Å². The molecule has 3 unspecified atom stereocenters. The summed E-state index contributed by atoms with van der Waals surface area (Å²) in [5, 5.41) is 0. The molecule has 3 rings (SSSR count). The first-order valence-electron chi connectivity index (χ1n) is 9.09. The number of hydrogen-bond acceptors (Lipinski definition) is 2. The summed E-state index contributed by atoms with van der Waals surface area (Å²) in [4.78, 5) is 17.4. The van der Waals surface area contributed by atoms with Crippen molar-refractivity contribution in [3.8, 4) is 0 Å². The summed E-state index contributed by atoms with van der Waals surface area (Å²) in [7, 11) is 2.04. The molecule has 3 nitrogen and oxygen atoms in total. The second-order valence-electron chi connectivity index (χ2n) is 7.82. The summed E-state index contributed by atoms with van der Waals surface area (Å²) in [6.07, 6.45) is 10.5. The van der Waals surface area contributed by atoms with E-state index in [0.29, 0.717) is 36.5 Å². The van der Waals surface area contributed by atoms with Crippen LogP contribution < -0.4 is 0 Å². The Morgan fingerprint density at radius 3 is 2.33 bits per heavy atom. The van der Waals surface area contributed by atoms with Crippen molar-refractivity contribution in [2.24, 2.45) is 11.8 Å². The predicted octanol–water partition coefficient (Wildman–Crippen LogP) is 3.29. The van der Waals surface area contributed by atoms with Gasteiger partial charge in [0, 0.05) is 25.2 Å². The highest BCUT2D eigenvalue weighted by Gasteiger charge is 2.40. The fourth-order valence-corrected chi connectivity index (χ4v) is 4.19. The third-order valence-electron chi connectivity index (χ3n) is 6.12.